The van der Waals surface area contributed by atoms with Crippen LogP contribution in [-0.2, 0) is 4.43 Å². The van der Waals surface area contributed by atoms with Gasteiger partial charge in [-0.3, -0.25) is 0 Å². The Kier molecular flexibility index (Phi) is 5.43. The van der Waals surface area contributed by atoms with Gasteiger partial charge in [0.1, 0.15) is 0 Å². The molecule has 0 atom stereocenters. The van der Waals surface area contributed by atoms with Crippen molar-refractivity contribution in [3.05, 3.63) is 36.4 Å². The molecule has 5 heteroatoms. The number of methoxy groups -OCH3 is 3. The molecular weight excluding hydrogens is 320 g/mol. The summed E-state index contributed by atoms with van der Waals surface area (Å²) in [7, 11) is 3.87. The lowest BCUT2D eigenvalue weighted by Crippen LogP contribution is -2.37. The zero-order valence-corrected chi connectivity index (χ0v) is 15.4. The Morgan fingerprint density at radius 2 is 1.58 bits per heavy atom. The van der Waals surface area contributed by atoms with Crippen molar-refractivity contribution in [3.8, 4) is 28.4 Å². The minimum Gasteiger partial charge on any atom is -0.493 e. The van der Waals surface area contributed by atoms with Crippen LogP contribution in [0.2, 0.25) is 6.04 Å². The quantitative estimate of drug-likeness (QED) is 0.780. The van der Waals surface area contributed by atoms with Gasteiger partial charge < -0.3 is 18.6 Å². The number of hydrogen-bond acceptors (Lipinski definition) is 4. The summed E-state index contributed by atoms with van der Waals surface area (Å²) < 4.78 is 23.1. The van der Waals surface area contributed by atoms with E-state index in [2.05, 4.69) is 18.2 Å². The van der Waals surface area contributed by atoms with Crippen molar-refractivity contribution in [3.63, 3.8) is 0 Å². The summed E-state index contributed by atoms with van der Waals surface area (Å²) >= 11 is 0. The van der Waals surface area contributed by atoms with Crippen LogP contribution in [0.5, 0.6) is 17.2 Å². The normalized spacial score (nSPS) is 15.1. The fraction of sp³-hybridized carbons (Fsp3) is 0.368. The van der Waals surface area contributed by atoms with Crippen LogP contribution in [0.25, 0.3) is 11.1 Å². The molecule has 0 spiro atoms. The first-order valence-electron chi connectivity index (χ1n) is 8.17. The molecule has 0 bridgehead atoms. The molecule has 1 radical (unpaired) electrons. The molecule has 0 aliphatic carbocycles. The third-order valence-electron chi connectivity index (χ3n) is 4.26. The van der Waals surface area contributed by atoms with Crippen LogP contribution in [0.3, 0.4) is 0 Å². The van der Waals surface area contributed by atoms with E-state index < -0.39 is 9.04 Å². The molecule has 4 nitrogen and oxygen atoms in total. The second kappa shape index (κ2) is 7.72. The van der Waals surface area contributed by atoms with Crippen molar-refractivity contribution in [2.24, 2.45) is 0 Å². The van der Waals surface area contributed by atoms with Gasteiger partial charge in [0.25, 0.3) is 9.04 Å². The minimum atomic E-state index is -1.11. The fourth-order valence-corrected chi connectivity index (χ4v) is 5.43. The van der Waals surface area contributed by atoms with Gasteiger partial charge in [-0.1, -0.05) is 36.8 Å². The highest BCUT2D eigenvalue weighted by Gasteiger charge is 2.29. The lowest BCUT2D eigenvalue weighted by molar-refractivity contribution is 0.292. The van der Waals surface area contributed by atoms with E-state index in [1.807, 2.05) is 18.2 Å². The number of hydrogen-bond donors (Lipinski definition) is 0. The van der Waals surface area contributed by atoms with Crippen LogP contribution in [-0.4, -0.2) is 37.0 Å². The average molecular weight is 343 g/mol. The fourth-order valence-electron chi connectivity index (χ4n) is 3.12. The topological polar surface area (TPSA) is 36.9 Å². The van der Waals surface area contributed by atoms with E-state index in [9.17, 15) is 0 Å². The molecular formula is C19H23O4Si. The molecule has 0 unspecified atom stereocenters. The largest absolute Gasteiger partial charge is 0.493 e. The second-order valence-corrected chi connectivity index (χ2v) is 7.84. The molecule has 0 aromatic heterocycles. The highest BCUT2D eigenvalue weighted by molar-refractivity contribution is 6.68. The molecule has 1 saturated heterocycles. The van der Waals surface area contributed by atoms with Crippen LogP contribution in [0, 0.1) is 0 Å². The van der Waals surface area contributed by atoms with Crippen molar-refractivity contribution in [2.45, 2.75) is 18.9 Å². The molecule has 0 amide bonds. The molecule has 1 aliphatic rings. The molecule has 1 heterocycles. The number of ether oxygens (including phenoxy) is 3. The molecule has 127 valence electrons. The molecule has 3 rings (SSSR count). The Morgan fingerprint density at radius 1 is 0.875 bits per heavy atom. The Bertz CT molecular complexity index is 682. The summed E-state index contributed by atoms with van der Waals surface area (Å²) in [5, 5.41) is 1.12. The van der Waals surface area contributed by atoms with Gasteiger partial charge in [-0.05, 0) is 24.1 Å². The first kappa shape index (κ1) is 16.9. The first-order valence-corrected chi connectivity index (χ1v) is 9.79. The molecule has 2 aromatic carbocycles. The monoisotopic (exact) mass is 343 g/mol. The molecule has 1 fully saturated rings. The zero-order chi connectivity index (χ0) is 16.9. The van der Waals surface area contributed by atoms with Gasteiger partial charge >= 0.3 is 0 Å². The molecule has 1 aliphatic heterocycles. The lowest BCUT2D eigenvalue weighted by atomic mass is 10.0. The standard InChI is InChI=1S/C19H23O4Si/c1-20-17-15(14-9-5-4-6-10-14)13-16(18(21-2)19(17)22-3)24-12-8-7-11-23-24/h4-6,9-10,13H,7-8,11-12H2,1-3H3. The van der Waals surface area contributed by atoms with Crippen LogP contribution >= 0.6 is 0 Å². The summed E-state index contributed by atoms with van der Waals surface area (Å²) in [4.78, 5) is 0. The van der Waals surface area contributed by atoms with E-state index >= 15 is 0 Å². The Balaban J connectivity index is 2.21. The Hall–Kier alpha value is -1.98. The van der Waals surface area contributed by atoms with E-state index in [0.29, 0.717) is 11.5 Å². The van der Waals surface area contributed by atoms with Gasteiger partial charge in [0.05, 0.1) is 21.3 Å². The van der Waals surface area contributed by atoms with Crippen LogP contribution in [0.15, 0.2) is 36.4 Å². The predicted octanol–water partition coefficient (Wildman–Crippen LogP) is 3.39. The van der Waals surface area contributed by atoms with Crippen molar-refractivity contribution in [2.75, 3.05) is 27.9 Å². The lowest BCUT2D eigenvalue weighted by Gasteiger charge is -2.25. The third-order valence-corrected chi connectivity index (χ3v) is 6.59. The SMILES string of the molecule is COc1c(-c2ccccc2)cc([Si]2CCCCO2)c(OC)c1OC. The van der Waals surface area contributed by atoms with Gasteiger partial charge in [0.15, 0.2) is 11.5 Å². The van der Waals surface area contributed by atoms with E-state index in [4.69, 9.17) is 18.6 Å². The number of rotatable bonds is 5. The van der Waals surface area contributed by atoms with Crippen molar-refractivity contribution in [1.82, 2.24) is 0 Å². The predicted molar refractivity (Wildman–Crippen MR) is 96.9 cm³/mol. The smallest absolute Gasteiger partial charge is 0.250 e. The first-order chi connectivity index (χ1) is 11.8. The Morgan fingerprint density at radius 3 is 2.17 bits per heavy atom. The molecule has 2 aromatic rings. The maximum absolute atomic E-state index is 6.10. The summed E-state index contributed by atoms with van der Waals surface area (Å²) in [6.45, 7) is 0.826. The maximum Gasteiger partial charge on any atom is 0.250 e. The minimum absolute atomic E-state index is 0.642. The van der Waals surface area contributed by atoms with Gasteiger partial charge in [-0.25, -0.2) is 0 Å². The molecule has 0 N–H and O–H groups in total. The molecule has 0 saturated carbocycles. The van der Waals surface area contributed by atoms with Gasteiger partial charge in [0, 0.05) is 17.4 Å². The number of benzene rings is 2. The van der Waals surface area contributed by atoms with Gasteiger partial charge in [0.2, 0.25) is 5.75 Å². The summed E-state index contributed by atoms with van der Waals surface area (Å²) in [5.41, 5.74) is 2.10. The third kappa shape index (κ3) is 3.14. The van der Waals surface area contributed by atoms with Crippen molar-refractivity contribution in [1.29, 1.82) is 0 Å². The van der Waals surface area contributed by atoms with Crippen molar-refractivity contribution < 1.29 is 18.6 Å². The van der Waals surface area contributed by atoms with Crippen LogP contribution in [0.1, 0.15) is 12.8 Å². The summed E-state index contributed by atoms with van der Waals surface area (Å²) in [6, 6.07) is 13.5. The highest BCUT2D eigenvalue weighted by atomic mass is 28.3. The average Bonchev–Trinajstić information content (AvgIpc) is 2.67. The van der Waals surface area contributed by atoms with E-state index in [-0.39, 0.29) is 0 Å². The summed E-state index contributed by atoms with van der Waals surface area (Å²) in [6.07, 6.45) is 2.34. The van der Waals surface area contributed by atoms with E-state index in [1.165, 1.54) is 6.42 Å². The van der Waals surface area contributed by atoms with Gasteiger partial charge in [-0.2, -0.15) is 0 Å². The maximum atomic E-state index is 6.10. The zero-order valence-electron chi connectivity index (χ0n) is 14.4. The van der Waals surface area contributed by atoms with Crippen LogP contribution in [0.4, 0.5) is 0 Å². The van der Waals surface area contributed by atoms with Crippen LogP contribution < -0.4 is 19.4 Å². The highest BCUT2D eigenvalue weighted by Crippen LogP contribution is 2.43. The molecule has 24 heavy (non-hydrogen) atoms. The van der Waals surface area contributed by atoms with E-state index in [0.717, 1.165) is 41.1 Å². The Labute approximate surface area is 145 Å². The van der Waals surface area contributed by atoms with Crippen molar-refractivity contribution >= 4 is 14.2 Å². The second-order valence-electron chi connectivity index (χ2n) is 5.67. The van der Waals surface area contributed by atoms with E-state index in [1.54, 1.807) is 21.3 Å². The summed E-state index contributed by atoms with van der Waals surface area (Å²) in [5.74, 6) is 2.08. The van der Waals surface area contributed by atoms with Gasteiger partial charge in [-0.15, -0.1) is 0 Å².